The zero-order chi connectivity index (χ0) is 15.0. The number of carbonyl (C=O) groups is 1. The van der Waals surface area contributed by atoms with Gasteiger partial charge in [-0.25, -0.2) is 0 Å². The lowest BCUT2D eigenvalue weighted by atomic mass is 10.1. The molecule has 2 aromatic carbocycles. The van der Waals surface area contributed by atoms with Gasteiger partial charge in [0.1, 0.15) is 18.6 Å². The highest BCUT2D eigenvalue weighted by Gasteiger charge is 2.03. The minimum absolute atomic E-state index is 0.416. The zero-order valence-electron chi connectivity index (χ0n) is 12.1. The van der Waals surface area contributed by atoms with Crippen molar-refractivity contribution in [3.63, 3.8) is 0 Å². The normalized spacial score (nSPS) is 9.30. The first-order chi connectivity index (χ1) is 9.70. The average molecular weight is 268 g/mol. The minimum Gasteiger partial charge on any atom is -0.489 e. The van der Waals surface area contributed by atoms with Crippen LogP contribution in [0.3, 0.4) is 0 Å². The van der Waals surface area contributed by atoms with Crippen LogP contribution >= 0.6 is 0 Å². The van der Waals surface area contributed by atoms with Crippen LogP contribution in [0.25, 0.3) is 0 Å². The molecule has 0 spiro atoms. The smallest absolute Gasteiger partial charge is 0.150 e. The topological polar surface area (TPSA) is 26.3 Å². The Morgan fingerprint density at radius 1 is 1.10 bits per heavy atom. The first-order valence-electron chi connectivity index (χ1n) is 6.44. The Labute approximate surface area is 120 Å². The molecule has 104 valence electrons. The van der Waals surface area contributed by atoms with Crippen LogP contribution in [0.1, 0.15) is 27.0 Å². The van der Waals surface area contributed by atoms with Crippen molar-refractivity contribution in [2.24, 2.45) is 0 Å². The number of carbonyl (C=O) groups excluding carboxylic acids is 1. The maximum atomic E-state index is 10.9. The predicted molar refractivity (Wildman–Crippen MR) is 83.3 cm³/mol. The summed E-state index contributed by atoms with van der Waals surface area (Å²) in [6, 6.07) is 13.6. The van der Waals surface area contributed by atoms with E-state index in [2.05, 4.69) is 19.2 Å². The van der Waals surface area contributed by atoms with Crippen molar-refractivity contribution in [2.75, 3.05) is 0 Å². The molecule has 0 N–H and O–H groups in total. The van der Waals surface area contributed by atoms with Crippen molar-refractivity contribution in [1.29, 1.82) is 0 Å². The SMILES string of the molecule is C=C.Cc1ccc(C)c(OCc2ccccc2C=O)c1. The molecule has 0 heterocycles. The van der Waals surface area contributed by atoms with Gasteiger partial charge in [0.15, 0.2) is 0 Å². The second-order valence-electron chi connectivity index (χ2n) is 4.37. The van der Waals surface area contributed by atoms with E-state index < -0.39 is 0 Å². The number of benzene rings is 2. The van der Waals surface area contributed by atoms with Crippen LogP contribution in [0, 0.1) is 13.8 Å². The molecule has 2 nitrogen and oxygen atoms in total. The van der Waals surface area contributed by atoms with E-state index in [0.29, 0.717) is 12.2 Å². The average Bonchev–Trinajstić information content (AvgIpc) is 2.50. The van der Waals surface area contributed by atoms with E-state index in [1.807, 2.05) is 44.2 Å². The molecule has 0 atom stereocenters. The Morgan fingerprint density at radius 2 is 1.80 bits per heavy atom. The van der Waals surface area contributed by atoms with Crippen molar-refractivity contribution in [2.45, 2.75) is 20.5 Å². The fourth-order valence-corrected chi connectivity index (χ4v) is 1.80. The van der Waals surface area contributed by atoms with E-state index in [1.54, 1.807) is 6.07 Å². The number of ether oxygens (including phenoxy) is 1. The van der Waals surface area contributed by atoms with E-state index >= 15 is 0 Å². The molecular formula is C18H20O2. The summed E-state index contributed by atoms with van der Waals surface area (Å²) in [6.07, 6.45) is 0.863. The Morgan fingerprint density at radius 3 is 2.50 bits per heavy atom. The van der Waals surface area contributed by atoms with Crippen LogP contribution in [0.4, 0.5) is 0 Å². The molecule has 0 fully saturated rings. The van der Waals surface area contributed by atoms with Gasteiger partial charge >= 0.3 is 0 Å². The molecule has 0 aliphatic heterocycles. The van der Waals surface area contributed by atoms with Crippen LogP contribution in [-0.2, 0) is 6.61 Å². The highest BCUT2D eigenvalue weighted by molar-refractivity contribution is 5.77. The van der Waals surface area contributed by atoms with Gasteiger partial charge in [0.2, 0.25) is 0 Å². The summed E-state index contributed by atoms with van der Waals surface area (Å²) in [5.74, 6) is 0.871. The monoisotopic (exact) mass is 268 g/mol. The molecule has 2 rings (SSSR count). The van der Waals surface area contributed by atoms with Crippen molar-refractivity contribution in [1.82, 2.24) is 0 Å². The second-order valence-corrected chi connectivity index (χ2v) is 4.37. The largest absolute Gasteiger partial charge is 0.489 e. The van der Waals surface area contributed by atoms with E-state index in [0.717, 1.165) is 23.2 Å². The molecule has 20 heavy (non-hydrogen) atoms. The maximum Gasteiger partial charge on any atom is 0.150 e. The summed E-state index contributed by atoms with van der Waals surface area (Å²) in [7, 11) is 0. The Bertz CT molecular complexity index is 573. The molecular weight excluding hydrogens is 248 g/mol. The molecule has 0 unspecified atom stereocenters. The molecule has 2 heteroatoms. The summed E-state index contributed by atoms with van der Waals surface area (Å²) in [5, 5.41) is 0. The summed E-state index contributed by atoms with van der Waals surface area (Å²) < 4.78 is 5.79. The third kappa shape index (κ3) is 4.09. The fraction of sp³-hybridized carbons (Fsp3) is 0.167. The highest BCUT2D eigenvalue weighted by atomic mass is 16.5. The van der Waals surface area contributed by atoms with Crippen LogP contribution in [0.5, 0.6) is 5.75 Å². The lowest BCUT2D eigenvalue weighted by Gasteiger charge is -2.11. The zero-order valence-corrected chi connectivity index (χ0v) is 12.1. The first kappa shape index (κ1) is 15.7. The van der Waals surface area contributed by atoms with Gasteiger partial charge in [0.25, 0.3) is 0 Å². The lowest BCUT2D eigenvalue weighted by Crippen LogP contribution is -2.00. The van der Waals surface area contributed by atoms with E-state index in [4.69, 9.17) is 4.74 Å². The molecule has 0 aliphatic carbocycles. The van der Waals surface area contributed by atoms with Gasteiger partial charge < -0.3 is 4.74 Å². The van der Waals surface area contributed by atoms with Gasteiger partial charge in [-0.15, -0.1) is 13.2 Å². The quantitative estimate of drug-likeness (QED) is 0.603. The van der Waals surface area contributed by atoms with Gasteiger partial charge in [-0.05, 0) is 36.6 Å². The molecule has 0 saturated carbocycles. The summed E-state index contributed by atoms with van der Waals surface area (Å²) in [6.45, 7) is 10.5. The Kier molecular flexibility index (Phi) is 6.24. The van der Waals surface area contributed by atoms with Gasteiger partial charge in [-0.3, -0.25) is 4.79 Å². The molecule has 0 saturated heterocycles. The number of aldehydes is 1. The Balaban J connectivity index is 0.000000956. The van der Waals surface area contributed by atoms with E-state index in [-0.39, 0.29) is 0 Å². The van der Waals surface area contributed by atoms with Crippen LogP contribution < -0.4 is 4.74 Å². The van der Waals surface area contributed by atoms with E-state index in [1.165, 1.54) is 5.56 Å². The molecule has 0 bridgehead atoms. The molecule has 2 aromatic rings. The summed E-state index contributed by atoms with van der Waals surface area (Å²) in [4.78, 5) is 10.9. The maximum absolute atomic E-state index is 10.9. The number of rotatable bonds is 4. The highest BCUT2D eigenvalue weighted by Crippen LogP contribution is 2.20. The van der Waals surface area contributed by atoms with Crippen LogP contribution in [0.2, 0.25) is 0 Å². The second kappa shape index (κ2) is 7.95. The predicted octanol–water partition coefficient (Wildman–Crippen LogP) is 4.50. The van der Waals surface area contributed by atoms with Gasteiger partial charge in [-0.1, -0.05) is 36.4 Å². The minimum atomic E-state index is 0.416. The van der Waals surface area contributed by atoms with Crippen LogP contribution in [-0.4, -0.2) is 6.29 Å². The molecule has 0 aliphatic rings. The van der Waals surface area contributed by atoms with Crippen molar-refractivity contribution in [3.8, 4) is 5.75 Å². The third-order valence-electron chi connectivity index (χ3n) is 2.91. The van der Waals surface area contributed by atoms with Crippen molar-refractivity contribution in [3.05, 3.63) is 77.9 Å². The number of hydrogen-bond acceptors (Lipinski definition) is 2. The molecule has 0 amide bonds. The van der Waals surface area contributed by atoms with Crippen LogP contribution in [0.15, 0.2) is 55.6 Å². The standard InChI is InChI=1S/C16H16O2.C2H4/c1-12-7-8-13(2)16(9-12)18-11-15-6-4-3-5-14(15)10-17;1-2/h3-10H,11H2,1-2H3;1-2H2. The molecule has 0 aromatic heterocycles. The number of hydrogen-bond donors (Lipinski definition) is 0. The van der Waals surface area contributed by atoms with E-state index in [9.17, 15) is 4.79 Å². The first-order valence-corrected chi connectivity index (χ1v) is 6.44. The Hall–Kier alpha value is -2.35. The van der Waals surface area contributed by atoms with Crippen molar-refractivity contribution < 1.29 is 9.53 Å². The third-order valence-corrected chi connectivity index (χ3v) is 2.91. The van der Waals surface area contributed by atoms with Gasteiger partial charge in [0, 0.05) is 5.56 Å². The lowest BCUT2D eigenvalue weighted by molar-refractivity contribution is 0.112. The van der Waals surface area contributed by atoms with Gasteiger partial charge in [0.05, 0.1) is 0 Å². The fourth-order valence-electron chi connectivity index (χ4n) is 1.80. The number of aryl methyl sites for hydroxylation is 2. The molecule has 0 radical (unpaired) electrons. The summed E-state index contributed by atoms with van der Waals surface area (Å²) >= 11 is 0. The van der Waals surface area contributed by atoms with Crippen molar-refractivity contribution >= 4 is 6.29 Å². The summed E-state index contributed by atoms with van der Waals surface area (Å²) in [5.41, 5.74) is 3.86. The van der Waals surface area contributed by atoms with Gasteiger partial charge in [-0.2, -0.15) is 0 Å².